The molecule has 1 amide bonds. The Bertz CT molecular complexity index is 471. The van der Waals surface area contributed by atoms with Gasteiger partial charge >= 0.3 is 0 Å². The fourth-order valence-corrected chi connectivity index (χ4v) is 1.64. The van der Waals surface area contributed by atoms with Gasteiger partial charge in [0, 0.05) is 24.5 Å². The second kappa shape index (κ2) is 5.34. The van der Waals surface area contributed by atoms with E-state index in [1.54, 1.807) is 0 Å². The van der Waals surface area contributed by atoms with E-state index in [2.05, 4.69) is 17.2 Å². The van der Waals surface area contributed by atoms with Crippen LogP contribution in [0.2, 0.25) is 0 Å². The summed E-state index contributed by atoms with van der Waals surface area (Å²) in [5, 5.41) is 2.88. The van der Waals surface area contributed by atoms with Crippen molar-refractivity contribution in [1.29, 1.82) is 0 Å². The van der Waals surface area contributed by atoms with Crippen LogP contribution in [0.15, 0.2) is 42.7 Å². The van der Waals surface area contributed by atoms with Crippen LogP contribution >= 0.6 is 0 Å². The van der Waals surface area contributed by atoms with Crippen molar-refractivity contribution in [1.82, 2.24) is 10.3 Å². The topological polar surface area (TPSA) is 44.9 Å². The molecule has 88 valence electrons. The van der Waals surface area contributed by atoms with E-state index < -0.39 is 0 Å². The Labute approximate surface area is 101 Å². The number of hydrogen-bond donors (Lipinski definition) is 2. The summed E-state index contributed by atoms with van der Waals surface area (Å²) in [7, 11) is 0. The van der Waals surface area contributed by atoms with Crippen LogP contribution in [0, 0.1) is 0 Å². The van der Waals surface area contributed by atoms with Crippen molar-refractivity contribution < 1.29 is 4.79 Å². The minimum Gasteiger partial charge on any atom is -0.367 e. The van der Waals surface area contributed by atoms with Gasteiger partial charge in [-0.05, 0) is 35.7 Å². The van der Waals surface area contributed by atoms with Crippen LogP contribution in [-0.2, 0) is 13.0 Å². The fraction of sp³-hybridized carbons (Fsp3) is 0.214. The van der Waals surface area contributed by atoms with Gasteiger partial charge in [-0.1, -0.05) is 19.1 Å². The molecule has 0 saturated heterocycles. The first-order valence-electron chi connectivity index (χ1n) is 5.78. The van der Waals surface area contributed by atoms with Crippen LogP contribution in [0.1, 0.15) is 28.4 Å². The highest BCUT2D eigenvalue weighted by molar-refractivity contribution is 5.94. The predicted molar refractivity (Wildman–Crippen MR) is 67.8 cm³/mol. The Kier molecular flexibility index (Phi) is 3.60. The Morgan fingerprint density at radius 2 is 1.94 bits per heavy atom. The molecular formula is C14H16N2O. The number of rotatable bonds is 4. The summed E-state index contributed by atoms with van der Waals surface area (Å²) in [6.07, 6.45) is 4.71. The van der Waals surface area contributed by atoms with Crippen LogP contribution in [0.3, 0.4) is 0 Å². The Morgan fingerprint density at radius 1 is 1.18 bits per heavy atom. The number of carbonyl (C=O) groups excluding carboxylic acids is 1. The largest absolute Gasteiger partial charge is 0.367 e. The van der Waals surface area contributed by atoms with Crippen LogP contribution in [0.4, 0.5) is 0 Å². The molecule has 0 aliphatic carbocycles. The first kappa shape index (κ1) is 11.5. The molecule has 0 fully saturated rings. The number of amides is 1. The number of aryl methyl sites for hydroxylation is 1. The lowest BCUT2D eigenvalue weighted by Crippen LogP contribution is -2.22. The monoisotopic (exact) mass is 228 g/mol. The molecule has 0 atom stereocenters. The Hall–Kier alpha value is -2.03. The van der Waals surface area contributed by atoms with Gasteiger partial charge in [0.15, 0.2) is 0 Å². The Morgan fingerprint density at radius 3 is 2.53 bits per heavy atom. The van der Waals surface area contributed by atoms with Gasteiger partial charge < -0.3 is 10.3 Å². The molecular weight excluding hydrogens is 212 g/mol. The SMILES string of the molecule is CCc1ccc(C(=O)NCc2cc[nH]c2)cc1. The fourth-order valence-electron chi connectivity index (χ4n) is 1.64. The van der Waals surface area contributed by atoms with Gasteiger partial charge in [-0.3, -0.25) is 4.79 Å². The maximum atomic E-state index is 11.8. The van der Waals surface area contributed by atoms with Crippen LogP contribution in [-0.4, -0.2) is 10.9 Å². The zero-order valence-corrected chi connectivity index (χ0v) is 9.86. The number of benzene rings is 1. The standard InChI is InChI=1S/C14H16N2O/c1-2-11-3-5-13(6-4-11)14(17)16-10-12-7-8-15-9-12/h3-9,15H,2,10H2,1H3,(H,16,17). The number of H-pyrrole nitrogens is 1. The average molecular weight is 228 g/mol. The van der Waals surface area contributed by atoms with Gasteiger partial charge in [0.25, 0.3) is 5.91 Å². The molecule has 2 aromatic rings. The summed E-state index contributed by atoms with van der Waals surface area (Å²) in [6.45, 7) is 2.65. The lowest BCUT2D eigenvalue weighted by Gasteiger charge is -2.04. The number of carbonyl (C=O) groups is 1. The lowest BCUT2D eigenvalue weighted by molar-refractivity contribution is 0.0951. The van der Waals surface area contributed by atoms with Crippen molar-refractivity contribution in [3.63, 3.8) is 0 Å². The van der Waals surface area contributed by atoms with Crippen molar-refractivity contribution in [2.75, 3.05) is 0 Å². The number of nitrogens with one attached hydrogen (secondary N) is 2. The van der Waals surface area contributed by atoms with E-state index >= 15 is 0 Å². The first-order chi connectivity index (χ1) is 8.29. The number of aromatic nitrogens is 1. The summed E-state index contributed by atoms with van der Waals surface area (Å²) in [6, 6.07) is 9.66. The third kappa shape index (κ3) is 2.97. The summed E-state index contributed by atoms with van der Waals surface area (Å²) in [4.78, 5) is 14.8. The third-order valence-corrected chi connectivity index (χ3v) is 2.74. The summed E-state index contributed by atoms with van der Waals surface area (Å²) < 4.78 is 0. The minimum atomic E-state index is -0.0335. The van der Waals surface area contributed by atoms with Crippen molar-refractivity contribution in [3.8, 4) is 0 Å². The van der Waals surface area contributed by atoms with E-state index in [1.165, 1.54) is 5.56 Å². The quantitative estimate of drug-likeness (QED) is 0.829. The van der Waals surface area contributed by atoms with E-state index in [0.717, 1.165) is 12.0 Å². The number of hydrogen-bond acceptors (Lipinski definition) is 1. The first-order valence-corrected chi connectivity index (χ1v) is 5.78. The van der Waals surface area contributed by atoms with E-state index in [-0.39, 0.29) is 5.91 Å². The average Bonchev–Trinajstić information content (AvgIpc) is 2.89. The highest BCUT2D eigenvalue weighted by Gasteiger charge is 2.04. The van der Waals surface area contributed by atoms with Gasteiger partial charge in [-0.15, -0.1) is 0 Å². The Balaban J connectivity index is 1.95. The predicted octanol–water partition coefficient (Wildman–Crippen LogP) is 2.51. The molecule has 0 bridgehead atoms. The molecule has 2 rings (SSSR count). The molecule has 0 spiro atoms. The van der Waals surface area contributed by atoms with Gasteiger partial charge in [-0.2, -0.15) is 0 Å². The number of aromatic amines is 1. The van der Waals surface area contributed by atoms with Crippen LogP contribution < -0.4 is 5.32 Å². The molecule has 3 heteroatoms. The van der Waals surface area contributed by atoms with Crippen LogP contribution in [0.5, 0.6) is 0 Å². The molecule has 1 heterocycles. The molecule has 0 saturated carbocycles. The maximum absolute atomic E-state index is 11.8. The van der Waals surface area contributed by atoms with E-state index in [4.69, 9.17) is 0 Å². The molecule has 0 aliphatic heterocycles. The van der Waals surface area contributed by atoms with Gasteiger partial charge in [0.1, 0.15) is 0 Å². The van der Waals surface area contributed by atoms with Crippen LogP contribution in [0.25, 0.3) is 0 Å². The maximum Gasteiger partial charge on any atom is 0.251 e. The second-order valence-corrected chi connectivity index (χ2v) is 3.95. The molecule has 0 aliphatic rings. The van der Waals surface area contributed by atoms with Gasteiger partial charge in [0.2, 0.25) is 0 Å². The molecule has 3 nitrogen and oxygen atoms in total. The zero-order chi connectivity index (χ0) is 12.1. The zero-order valence-electron chi connectivity index (χ0n) is 9.86. The second-order valence-electron chi connectivity index (χ2n) is 3.95. The third-order valence-electron chi connectivity index (χ3n) is 2.74. The molecule has 1 aromatic heterocycles. The van der Waals surface area contributed by atoms with Crippen molar-refractivity contribution in [2.24, 2.45) is 0 Å². The van der Waals surface area contributed by atoms with E-state index in [1.807, 2.05) is 42.7 Å². The molecule has 0 radical (unpaired) electrons. The lowest BCUT2D eigenvalue weighted by atomic mass is 10.1. The minimum absolute atomic E-state index is 0.0335. The summed E-state index contributed by atoms with van der Waals surface area (Å²) in [5.74, 6) is -0.0335. The van der Waals surface area contributed by atoms with Crippen molar-refractivity contribution in [2.45, 2.75) is 19.9 Å². The van der Waals surface area contributed by atoms with E-state index in [9.17, 15) is 4.79 Å². The van der Waals surface area contributed by atoms with Crippen molar-refractivity contribution in [3.05, 3.63) is 59.4 Å². The molecule has 17 heavy (non-hydrogen) atoms. The summed E-state index contributed by atoms with van der Waals surface area (Å²) in [5.41, 5.74) is 3.02. The molecule has 0 unspecified atom stereocenters. The molecule has 1 aromatic carbocycles. The highest BCUT2D eigenvalue weighted by atomic mass is 16.1. The highest BCUT2D eigenvalue weighted by Crippen LogP contribution is 2.05. The smallest absolute Gasteiger partial charge is 0.251 e. The van der Waals surface area contributed by atoms with Gasteiger partial charge in [0.05, 0.1) is 0 Å². The normalized spacial score (nSPS) is 10.2. The molecule has 2 N–H and O–H groups in total. The van der Waals surface area contributed by atoms with Crippen molar-refractivity contribution >= 4 is 5.91 Å². The van der Waals surface area contributed by atoms with Gasteiger partial charge in [-0.25, -0.2) is 0 Å². The summed E-state index contributed by atoms with van der Waals surface area (Å²) >= 11 is 0. The van der Waals surface area contributed by atoms with E-state index in [0.29, 0.717) is 12.1 Å².